The maximum atomic E-state index is 5.94. The number of aromatic nitrogens is 3. The predicted octanol–water partition coefficient (Wildman–Crippen LogP) is 3.66. The first-order chi connectivity index (χ1) is 9.58. The SMILES string of the molecule is CCC1CCCCC1Oc1nc(Cl)nc(OC(C)C)n1. The third-order valence-corrected chi connectivity index (χ3v) is 3.70. The zero-order valence-corrected chi connectivity index (χ0v) is 13.1. The van der Waals surface area contributed by atoms with E-state index in [4.69, 9.17) is 21.1 Å². The Morgan fingerprint density at radius 2 is 1.85 bits per heavy atom. The fraction of sp³-hybridized carbons (Fsp3) is 0.786. The Kier molecular flexibility index (Phi) is 5.40. The van der Waals surface area contributed by atoms with Crippen LogP contribution in [0.2, 0.25) is 5.28 Å². The van der Waals surface area contributed by atoms with Crippen molar-refractivity contribution in [3.05, 3.63) is 5.28 Å². The first-order valence-corrected chi connectivity index (χ1v) is 7.71. The van der Waals surface area contributed by atoms with Crippen LogP contribution in [0.1, 0.15) is 52.9 Å². The van der Waals surface area contributed by atoms with Gasteiger partial charge in [-0.05, 0) is 57.0 Å². The van der Waals surface area contributed by atoms with Gasteiger partial charge in [-0.3, -0.25) is 0 Å². The predicted molar refractivity (Wildman–Crippen MR) is 77.3 cm³/mol. The monoisotopic (exact) mass is 299 g/mol. The first kappa shape index (κ1) is 15.3. The number of hydrogen-bond acceptors (Lipinski definition) is 5. The number of nitrogens with zero attached hydrogens (tertiary/aromatic N) is 3. The van der Waals surface area contributed by atoms with Crippen LogP contribution in [0, 0.1) is 5.92 Å². The van der Waals surface area contributed by atoms with Gasteiger partial charge in [-0.25, -0.2) is 0 Å². The van der Waals surface area contributed by atoms with Crippen molar-refractivity contribution in [2.24, 2.45) is 5.92 Å². The minimum absolute atomic E-state index is 0.0145. The number of rotatable bonds is 5. The Bertz CT molecular complexity index is 442. The fourth-order valence-corrected chi connectivity index (χ4v) is 2.71. The molecule has 1 fully saturated rings. The van der Waals surface area contributed by atoms with Crippen LogP contribution in [-0.4, -0.2) is 27.2 Å². The average molecular weight is 300 g/mol. The molecule has 1 aliphatic carbocycles. The highest BCUT2D eigenvalue weighted by atomic mass is 35.5. The molecule has 2 rings (SSSR count). The van der Waals surface area contributed by atoms with Crippen LogP contribution < -0.4 is 9.47 Å². The molecule has 112 valence electrons. The lowest BCUT2D eigenvalue weighted by Gasteiger charge is -2.30. The molecule has 1 aliphatic rings. The van der Waals surface area contributed by atoms with E-state index in [0.29, 0.717) is 5.92 Å². The quantitative estimate of drug-likeness (QED) is 0.830. The summed E-state index contributed by atoms with van der Waals surface area (Å²) in [6, 6.07) is 0.491. The molecule has 0 aromatic carbocycles. The zero-order chi connectivity index (χ0) is 14.5. The van der Waals surface area contributed by atoms with E-state index in [1.54, 1.807) is 0 Å². The smallest absolute Gasteiger partial charge is 0.324 e. The maximum Gasteiger partial charge on any atom is 0.324 e. The van der Waals surface area contributed by atoms with Gasteiger partial charge in [-0.2, -0.15) is 9.97 Å². The molecule has 2 unspecified atom stereocenters. The van der Waals surface area contributed by atoms with Gasteiger partial charge in [-0.1, -0.05) is 13.3 Å². The van der Waals surface area contributed by atoms with E-state index in [1.165, 1.54) is 19.3 Å². The van der Waals surface area contributed by atoms with Gasteiger partial charge in [0, 0.05) is 0 Å². The third-order valence-electron chi connectivity index (χ3n) is 3.53. The standard InChI is InChI=1S/C14H22ClN3O2/c1-4-10-7-5-6-8-11(10)20-14-17-12(15)16-13(18-14)19-9(2)3/h9-11H,4-8H2,1-3H3. The van der Waals surface area contributed by atoms with Crippen LogP contribution >= 0.6 is 11.6 Å². The highest BCUT2D eigenvalue weighted by molar-refractivity contribution is 6.28. The van der Waals surface area contributed by atoms with Gasteiger partial charge in [0.25, 0.3) is 0 Å². The van der Waals surface area contributed by atoms with Crippen molar-refractivity contribution < 1.29 is 9.47 Å². The molecule has 6 heteroatoms. The highest BCUT2D eigenvalue weighted by Gasteiger charge is 2.26. The topological polar surface area (TPSA) is 57.1 Å². The van der Waals surface area contributed by atoms with Crippen LogP contribution in [0.5, 0.6) is 12.0 Å². The van der Waals surface area contributed by atoms with Crippen LogP contribution in [0.3, 0.4) is 0 Å². The zero-order valence-electron chi connectivity index (χ0n) is 12.3. The normalized spacial score (nSPS) is 22.9. The summed E-state index contributed by atoms with van der Waals surface area (Å²) in [5.74, 6) is 0.564. The molecule has 2 atom stereocenters. The van der Waals surface area contributed by atoms with E-state index >= 15 is 0 Å². The van der Waals surface area contributed by atoms with Crippen molar-refractivity contribution in [1.29, 1.82) is 0 Å². The van der Waals surface area contributed by atoms with Crippen molar-refractivity contribution in [2.45, 2.75) is 65.1 Å². The molecule has 0 spiro atoms. The summed E-state index contributed by atoms with van der Waals surface area (Å²) in [6.07, 6.45) is 5.97. The Labute approximate surface area is 125 Å². The third kappa shape index (κ3) is 4.20. The van der Waals surface area contributed by atoms with E-state index in [1.807, 2.05) is 13.8 Å². The van der Waals surface area contributed by atoms with Crippen molar-refractivity contribution in [1.82, 2.24) is 15.0 Å². The van der Waals surface area contributed by atoms with Crippen molar-refractivity contribution in [3.8, 4) is 12.0 Å². The van der Waals surface area contributed by atoms with Crippen LogP contribution in [0.4, 0.5) is 0 Å². The molecule has 0 aliphatic heterocycles. The van der Waals surface area contributed by atoms with Crippen molar-refractivity contribution in [2.75, 3.05) is 0 Å². The summed E-state index contributed by atoms with van der Waals surface area (Å²) in [6.45, 7) is 6.01. The van der Waals surface area contributed by atoms with E-state index < -0.39 is 0 Å². The lowest BCUT2D eigenvalue weighted by Crippen LogP contribution is -2.30. The lowest BCUT2D eigenvalue weighted by atomic mass is 9.85. The Hall–Kier alpha value is -1.10. The molecule has 0 bridgehead atoms. The van der Waals surface area contributed by atoms with Crippen molar-refractivity contribution >= 4 is 11.6 Å². The number of hydrogen-bond donors (Lipinski definition) is 0. The molecular formula is C14H22ClN3O2. The molecule has 1 aromatic rings. The summed E-state index contributed by atoms with van der Waals surface area (Å²) in [5.41, 5.74) is 0. The second-order valence-corrected chi connectivity index (χ2v) is 5.78. The number of ether oxygens (including phenoxy) is 2. The van der Waals surface area contributed by atoms with Gasteiger partial charge >= 0.3 is 12.0 Å². The molecule has 1 saturated carbocycles. The average Bonchev–Trinajstić information content (AvgIpc) is 2.37. The summed E-state index contributed by atoms with van der Waals surface area (Å²) in [5, 5.41) is 0.106. The van der Waals surface area contributed by atoms with Gasteiger partial charge < -0.3 is 9.47 Å². The minimum atomic E-state index is -0.0145. The summed E-state index contributed by atoms with van der Waals surface area (Å²) < 4.78 is 11.4. The Morgan fingerprint density at radius 1 is 1.15 bits per heavy atom. The fourth-order valence-electron chi connectivity index (χ4n) is 2.56. The van der Waals surface area contributed by atoms with Crippen LogP contribution in [-0.2, 0) is 0 Å². The van der Waals surface area contributed by atoms with Crippen LogP contribution in [0.25, 0.3) is 0 Å². The van der Waals surface area contributed by atoms with Crippen molar-refractivity contribution in [3.63, 3.8) is 0 Å². The second kappa shape index (κ2) is 7.07. The molecule has 0 N–H and O–H groups in total. The number of halogens is 1. The van der Waals surface area contributed by atoms with E-state index in [2.05, 4.69) is 21.9 Å². The Balaban J connectivity index is 2.09. The van der Waals surface area contributed by atoms with E-state index in [9.17, 15) is 0 Å². The van der Waals surface area contributed by atoms with Gasteiger partial charge in [0.1, 0.15) is 6.10 Å². The second-order valence-electron chi connectivity index (χ2n) is 5.45. The molecule has 0 amide bonds. The lowest BCUT2D eigenvalue weighted by molar-refractivity contribution is 0.0789. The molecule has 0 saturated heterocycles. The van der Waals surface area contributed by atoms with E-state index in [-0.39, 0.29) is 29.5 Å². The van der Waals surface area contributed by atoms with Crippen LogP contribution in [0.15, 0.2) is 0 Å². The van der Waals surface area contributed by atoms with Gasteiger partial charge in [0.2, 0.25) is 5.28 Å². The van der Waals surface area contributed by atoms with E-state index in [0.717, 1.165) is 12.8 Å². The molecule has 0 radical (unpaired) electrons. The van der Waals surface area contributed by atoms with Gasteiger partial charge in [-0.15, -0.1) is 4.98 Å². The summed E-state index contributed by atoms with van der Waals surface area (Å²) in [4.78, 5) is 12.2. The maximum absolute atomic E-state index is 5.94. The highest BCUT2D eigenvalue weighted by Crippen LogP contribution is 2.30. The molecule has 5 nitrogen and oxygen atoms in total. The molecular weight excluding hydrogens is 278 g/mol. The molecule has 1 aromatic heterocycles. The first-order valence-electron chi connectivity index (χ1n) is 7.33. The largest absolute Gasteiger partial charge is 0.461 e. The molecule has 1 heterocycles. The Morgan fingerprint density at radius 3 is 2.55 bits per heavy atom. The summed E-state index contributed by atoms with van der Waals surface area (Å²) >= 11 is 5.90. The summed E-state index contributed by atoms with van der Waals surface area (Å²) in [7, 11) is 0. The van der Waals surface area contributed by atoms with Gasteiger partial charge in [0.15, 0.2) is 0 Å². The van der Waals surface area contributed by atoms with Gasteiger partial charge in [0.05, 0.1) is 6.10 Å². The minimum Gasteiger partial charge on any atom is -0.461 e. The molecule has 20 heavy (non-hydrogen) atoms.